The van der Waals surface area contributed by atoms with Crippen molar-refractivity contribution < 1.29 is 9.59 Å². The molecule has 0 radical (unpaired) electrons. The first-order chi connectivity index (χ1) is 12.6. The van der Waals surface area contributed by atoms with Gasteiger partial charge in [-0.2, -0.15) is 0 Å². The van der Waals surface area contributed by atoms with E-state index in [0.717, 1.165) is 62.3 Å². The third-order valence-electron chi connectivity index (χ3n) is 6.17. The summed E-state index contributed by atoms with van der Waals surface area (Å²) in [6.07, 6.45) is 10.3. The van der Waals surface area contributed by atoms with Crippen LogP contribution in [0.5, 0.6) is 0 Å². The van der Waals surface area contributed by atoms with Crippen LogP contribution in [0, 0.1) is 5.92 Å². The zero-order valence-electron chi connectivity index (χ0n) is 15.6. The SMILES string of the molecule is CC(=O)N1CCC[C@H]1c1ncc2c(n1)CCN(C(=O)C1CCCCC1)C2. The molecule has 0 N–H and O–H groups in total. The van der Waals surface area contributed by atoms with E-state index in [9.17, 15) is 9.59 Å². The number of aromatic nitrogens is 2. The molecule has 0 aromatic carbocycles. The zero-order valence-corrected chi connectivity index (χ0v) is 15.6. The lowest BCUT2D eigenvalue weighted by molar-refractivity contribution is -0.137. The van der Waals surface area contributed by atoms with Crippen LogP contribution >= 0.6 is 0 Å². The minimum absolute atomic E-state index is 0.0136. The molecule has 0 unspecified atom stereocenters. The number of hydrogen-bond acceptors (Lipinski definition) is 4. The minimum atomic E-state index is 0.0136. The maximum Gasteiger partial charge on any atom is 0.225 e. The molecule has 1 saturated heterocycles. The molecule has 2 aliphatic heterocycles. The van der Waals surface area contributed by atoms with Crippen LogP contribution in [0.3, 0.4) is 0 Å². The summed E-state index contributed by atoms with van der Waals surface area (Å²) in [5, 5.41) is 0. The average molecular weight is 356 g/mol. The average Bonchev–Trinajstić information content (AvgIpc) is 3.17. The van der Waals surface area contributed by atoms with Gasteiger partial charge in [-0.25, -0.2) is 9.97 Å². The molecule has 2 fully saturated rings. The molecule has 1 aromatic rings. The lowest BCUT2D eigenvalue weighted by atomic mass is 9.88. The molecule has 3 heterocycles. The van der Waals surface area contributed by atoms with Crippen molar-refractivity contribution in [2.45, 2.75) is 70.9 Å². The molecule has 26 heavy (non-hydrogen) atoms. The molecule has 3 aliphatic rings. The van der Waals surface area contributed by atoms with E-state index in [2.05, 4.69) is 4.98 Å². The van der Waals surface area contributed by atoms with E-state index in [4.69, 9.17) is 4.98 Å². The van der Waals surface area contributed by atoms with E-state index in [1.54, 1.807) is 6.92 Å². The summed E-state index contributed by atoms with van der Waals surface area (Å²) in [7, 11) is 0. The zero-order chi connectivity index (χ0) is 18.1. The predicted octanol–water partition coefficient (Wildman–Crippen LogP) is 2.63. The first-order valence-electron chi connectivity index (χ1n) is 10.0. The first-order valence-corrected chi connectivity index (χ1v) is 10.0. The number of fused-ring (bicyclic) bond motifs is 1. The summed E-state index contributed by atoms with van der Waals surface area (Å²) >= 11 is 0. The Hall–Kier alpha value is -1.98. The van der Waals surface area contributed by atoms with Crippen LogP contribution in [0.1, 0.15) is 75.0 Å². The van der Waals surface area contributed by atoms with Crippen molar-refractivity contribution in [3.8, 4) is 0 Å². The second kappa shape index (κ2) is 7.33. The highest BCUT2D eigenvalue weighted by molar-refractivity contribution is 5.79. The van der Waals surface area contributed by atoms with E-state index in [1.807, 2.05) is 16.0 Å². The number of likely N-dealkylation sites (tertiary alicyclic amines) is 1. The highest BCUT2D eigenvalue weighted by Gasteiger charge is 2.32. The third kappa shape index (κ3) is 3.33. The molecule has 0 bridgehead atoms. The van der Waals surface area contributed by atoms with Crippen LogP contribution in [-0.4, -0.2) is 44.7 Å². The summed E-state index contributed by atoms with van der Waals surface area (Å²) in [5.41, 5.74) is 2.12. The molecule has 2 amide bonds. The maximum absolute atomic E-state index is 12.8. The molecule has 4 rings (SSSR count). The second-order valence-corrected chi connectivity index (χ2v) is 7.92. The van der Waals surface area contributed by atoms with E-state index < -0.39 is 0 Å². The number of hydrogen-bond donors (Lipinski definition) is 0. The van der Waals surface area contributed by atoms with Crippen molar-refractivity contribution in [2.75, 3.05) is 13.1 Å². The highest BCUT2D eigenvalue weighted by Crippen LogP contribution is 2.31. The van der Waals surface area contributed by atoms with Gasteiger partial charge < -0.3 is 9.80 Å². The van der Waals surface area contributed by atoms with Crippen molar-refractivity contribution in [2.24, 2.45) is 5.92 Å². The smallest absolute Gasteiger partial charge is 0.225 e. The third-order valence-corrected chi connectivity index (χ3v) is 6.17. The van der Waals surface area contributed by atoms with Gasteiger partial charge in [0.25, 0.3) is 0 Å². The van der Waals surface area contributed by atoms with Crippen LogP contribution in [0.4, 0.5) is 0 Å². The van der Waals surface area contributed by atoms with Crippen molar-refractivity contribution in [3.63, 3.8) is 0 Å². The summed E-state index contributed by atoms with van der Waals surface area (Å²) < 4.78 is 0. The maximum atomic E-state index is 12.8. The molecule has 6 nitrogen and oxygen atoms in total. The first kappa shape index (κ1) is 17.4. The molecule has 140 valence electrons. The Morgan fingerprint density at radius 1 is 1.08 bits per heavy atom. The Morgan fingerprint density at radius 2 is 1.88 bits per heavy atom. The molecule has 6 heteroatoms. The number of nitrogens with zero attached hydrogens (tertiary/aromatic N) is 4. The summed E-state index contributed by atoms with van der Waals surface area (Å²) in [5.74, 6) is 1.40. The van der Waals surface area contributed by atoms with E-state index in [0.29, 0.717) is 12.5 Å². The summed E-state index contributed by atoms with van der Waals surface area (Å²) in [6.45, 7) is 3.79. The monoisotopic (exact) mass is 356 g/mol. The fourth-order valence-electron chi connectivity index (χ4n) is 4.70. The van der Waals surface area contributed by atoms with Crippen molar-refractivity contribution in [1.29, 1.82) is 0 Å². The van der Waals surface area contributed by atoms with Crippen molar-refractivity contribution in [1.82, 2.24) is 19.8 Å². The van der Waals surface area contributed by atoms with Crippen molar-refractivity contribution >= 4 is 11.8 Å². The minimum Gasteiger partial charge on any atom is -0.338 e. The number of carbonyl (C=O) groups excluding carboxylic acids is 2. The topological polar surface area (TPSA) is 66.4 Å². The molecule has 1 saturated carbocycles. The van der Waals surface area contributed by atoms with Gasteiger partial charge in [-0.05, 0) is 25.7 Å². The Labute approximate surface area is 155 Å². The van der Waals surface area contributed by atoms with Crippen LogP contribution in [0.2, 0.25) is 0 Å². The van der Waals surface area contributed by atoms with Gasteiger partial charge in [0.2, 0.25) is 11.8 Å². The Morgan fingerprint density at radius 3 is 2.65 bits per heavy atom. The van der Waals surface area contributed by atoms with E-state index in [-0.39, 0.29) is 17.9 Å². The van der Waals surface area contributed by atoms with Gasteiger partial charge in [0.15, 0.2) is 5.82 Å². The molecule has 0 spiro atoms. The lowest BCUT2D eigenvalue weighted by Crippen LogP contribution is -2.41. The standard InChI is InChI=1S/C20H28N4O2/c1-14(25)24-10-5-8-18(24)19-21-12-16-13-23(11-9-17(16)22-19)20(26)15-6-3-2-4-7-15/h12,15,18H,2-11,13H2,1H3/t18-/m0/s1. The molecule has 1 aromatic heterocycles. The van der Waals surface area contributed by atoms with Gasteiger partial charge in [0.05, 0.1) is 11.7 Å². The number of carbonyl (C=O) groups is 2. The van der Waals surface area contributed by atoms with Crippen LogP contribution in [0.25, 0.3) is 0 Å². The van der Waals surface area contributed by atoms with Gasteiger partial charge in [0, 0.05) is 50.7 Å². The van der Waals surface area contributed by atoms with Crippen LogP contribution in [0.15, 0.2) is 6.20 Å². The van der Waals surface area contributed by atoms with Crippen molar-refractivity contribution in [3.05, 3.63) is 23.3 Å². The van der Waals surface area contributed by atoms with Crippen LogP contribution < -0.4 is 0 Å². The fraction of sp³-hybridized carbons (Fsp3) is 0.700. The lowest BCUT2D eigenvalue weighted by Gasteiger charge is -2.33. The molecule has 1 aliphatic carbocycles. The molecular formula is C20H28N4O2. The van der Waals surface area contributed by atoms with Gasteiger partial charge in [-0.3, -0.25) is 9.59 Å². The van der Waals surface area contributed by atoms with Gasteiger partial charge in [0.1, 0.15) is 0 Å². The Kier molecular flexibility index (Phi) is 4.92. The summed E-state index contributed by atoms with van der Waals surface area (Å²) in [6, 6.07) is 0.0136. The van der Waals surface area contributed by atoms with Gasteiger partial charge in [-0.1, -0.05) is 19.3 Å². The quantitative estimate of drug-likeness (QED) is 0.817. The second-order valence-electron chi connectivity index (χ2n) is 7.92. The van der Waals surface area contributed by atoms with E-state index >= 15 is 0 Å². The molecular weight excluding hydrogens is 328 g/mol. The largest absolute Gasteiger partial charge is 0.338 e. The van der Waals surface area contributed by atoms with E-state index in [1.165, 1.54) is 19.3 Å². The predicted molar refractivity (Wildman–Crippen MR) is 97.1 cm³/mol. The van der Waals surface area contributed by atoms with Gasteiger partial charge >= 0.3 is 0 Å². The number of rotatable bonds is 2. The fourth-order valence-corrected chi connectivity index (χ4v) is 4.70. The number of amides is 2. The Balaban J connectivity index is 1.47. The Bertz CT molecular complexity index is 699. The molecule has 1 atom stereocenters. The highest BCUT2D eigenvalue weighted by atomic mass is 16.2. The van der Waals surface area contributed by atoms with Gasteiger partial charge in [-0.15, -0.1) is 0 Å². The van der Waals surface area contributed by atoms with Crippen LogP contribution in [-0.2, 0) is 22.6 Å². The summed E-state index contributed by atoms with van der Waals surface area (Å²) in [4.78, 5) is 37.8. The normalized spacial score (nSPS) is 23.8.